The molecule has 1 aliphatic heterocycles. The van der Waals surface area contributed by atoms with Crippen LogP contribution in [-0.4, -0.2) is 36.1 Å². The molecule has 0 spiro atoms. The molecule has 0 aromatic rings. The molecule has 3 rings (SSSR count). The molecule has 3 aliphatic rings. The number of nitrogens with zero attached hydrogens (tertiary/aromatic N) is 1. The highest BCUT2D eigenvalue weighted by molar-refractivity contribution is 4.95. The SMILES string of the molecule is CCCN(CC1CC2CCCCC2N1)C1CC1. The average Bonchev–Trinajstić information content (AvgIpc) is 3.09. The Morgan fingerprint density at radius 2 is 1.94 bits per heavy atom. The van der Waals surface area contributed by atoms with Crippen LogP contribution < -0.4 is 5.32 Å². The summed E-state index contributed by atoms with van der Waals surface area (Å²) in [5.41, 5.74) is 0. The molecule has 2 nitrogen and oxygen atoms in total. The Balaban J connectivity index is 1.51. The maximum Gasteiger partial charge on any atom is 0.0201 e. The Morgan fingerprint density at radius 1 is 1.12 bits per heavy atom. The van der Waals surface area contributed by atoms with E-state index >= 15 is 0 Å². The molecule has 0 aromatic heterocycles. The first-order valence-electron chi connectivity index (χ1n) is 7.87. The van der Waals surface area contributed by atoms with Gasteiger partial charge in [-0.25, -0.2) is 0 Å². The van der Waals surface area contributed by atoms with Gasteiger partial charge in [-0.05, 0) is 51.0 Å². The Morgan fingerprint density at radius 3 is 2.65 bits per heavy atom. The molecule has 3 fully saturated rings. The molecule has 0 radical (unpaired) electrons. The lowest BCUT2D eigenvalue weighted by atomic mass is 9.85. The van der Waals surface area contributed by atoms with E-state index < -0.39 is 0 Å². The third kappa shape index (κ3) is 2.85. The van der Waals surface area contributed by atoms with Crippen molar-refractivity contribution in [2.75, 3.05) is 13.1 Å². The molecule has 3 unspecified atom stereocenters. The first-order chi connectivity index (χ1) is 8.36. The fourth-order valence-electron chi connectivity index (χ4n) is 4.01. The average molecular weight is 236 g/mol. The number of hydrogen-bond acceptors (Lipinski definition) is 2. The normalized spacial score (nSPS) is 37.4. The number of fused-ring (bicyclic) bond motifs is 1. The topological polar surface area (TPSA) is 15.3 Å². The lowest BCUT2D eigenvalue weighted by molar-refractivity contribution is 0.237. The summed E-state index contributed by atoms with van der Waals surface area (Å²) in [5.74, 6) is 1.01. The minimum Gasteiger partial charge on any atom is -0.310 e. The second kappa shape index (κ2) is 5.27. The molecule has 2 heteroatoms. The van der Waals surface area contributed by atoms with Crippen molar-refractivity contribution in [1.29, 1.82) is 0 Å². The van der Waals surface area contributed by atoms with E-state index in [4.69, 9.17) is 0 Å². The Hall–Kier alpha value is -0.0800. The van der Waals surface area contributed by atoms with Crippen molar-refractivity contribution in [3.05, 3.63) is 0 Å². The van der Waals surface area contributed by atoms with Crippen LogP contribution in [0.25, 0.3) is 0 Å². The second-order valence-corrected chi connectivity index (χ2v) is 6.48. The fraction of sp³-hybridized carbons (Fsp3) is 1.00. The molecular weight excluding hydrogens is 208 g/mol. The minimum atomic E-state index is 0.801. The highest BCUT2D eigenvalue weighted by atomic mass is 15.2. The lowest BCUT2D eigenvalue weighted by Gasteiger charge is -2.26. The monoisotopic (exact) mass is 236 g/mol. The molecule has 1 heterocycles. The van der Waals surface area contributed by atoms with Crippen LogP contribution in [0.4, 0.5) is 0 Å². The maximum atomic E-state index is 3.92. The van der Waals surface area contributed by atoms with Crippen LogP contribution in [0.15, 0.2) is 0 Å². The highest BCUT2D eigenvalue weighted by Crippen LogP contribution is 2.34. The van der Waals surface area contributed by atoms with Crippen LogP contribution in [-0.2, 0) is 0 Å². The zero-order chi connectivity index (χ0) is 11.7. The predicted molar refractivity (Wildman–Crippen MR) is 72.2 cm³/mol. The maximum absolute atomic E-state index is 3.92. The number of rotatable bonds is 5. The van der Waals surface area contributed by atoms with E-state index in [1.54, 1.807) is 0 Å². The van der Waals surface area contributed by atoms with Crippen LogP contribution in [0.5, 0.6) is 0 Å². The summed E-state index contributed by atoms with van der Waals surface area (Å²) in [6.07, 6.45) is 11.6. The van der Waals surface area contributed by atoms with Crippen molar-refractivity contribution < 1.29 is 0 Å². The zero-order valence-corrected chi connectivity index (χ0v) is 11.3. The second-order valence-electron chi connectivity index (χ2n) is 6.48. The highest BCUT2D eigenvalue weighted by Gasteiger charge is 2.37. The van der Waals surface area contributed by atoms with E-state index in [9.17, 15) is 0 Å². The summed E-state index contributed by atoms with van der Waals surface area (Å²) in [4.78, 5) is 2.76. The Bertz CT molecular complexity index is 235. The summed E-state index contributed by atoms with van der Waals surface area (Å²) in [6.45, 7) is 4.96. The molecule has 1 N–H and O–H groups in total. The number of hydrogen-bond donors (Lipinski definition) is 1. The van der Waals surface area contributed by atoms with Crippen LogP contribution in [0, 0.1) is 5.92 Å². The van der Waals surface area contributed by atoms with Gasteiger partial charge >= 0.3 is 0 Å². The van der Waals surface area contributed by atoms with Crippen molar-refractivity contribution >= 4 is 0 Å². The molecule has 1 saturated heterocycles. The molecule has 2 saturated carbocycles. The van der Waals surface area contributed by atoms with Gasteiger partial charge in [0.25, 0.3) is 0 Å². The van der Waals surface area contributed by atoms with Crippen molar-refractivity contribution in [1.82, 2.24) is 10.2 Å². The van der Waals surface area contributed by atoms with Gasteiger partial charge in [-0.2, -0.15) is 0 Å². The predicted octanol–water partition coefficient (Wildman–Crippen LogP) is 2.78. The van der Waals surface area contributed by atoms with Crippen molar-refractivity contribution in [2.24, 2.45) is 5.92 Å². The van der Waals surface area contributed by atoms with Gasteiger partial charge in [-0.3, -0.25) is 4.90 Å². The number of nitrogens with one attached hydrogen (secondary N) is 1. The molecular formula is C15H28N2. The van der Waals surface area contributed by atoms with E-state index in [0.29, 0.717) is 0 Å². The minimum absolute atomic E-state index is 0.801. The first-order valence-corrected chi connectivity index (χ1v) is 7.87. The van der Waals surface area contributed by atoms with Gasteiger partial charge < -0.3 is 5.32 Å². The van der Waals surface area contributed by atoms with Crippen LogP contribution >= 0.6 is 0 Å². The van der Waals surface area contributed by atoms with E-state index in [2.05, 4.69) is 17.1 Å². The van der Waals surface area contributed by atoms with Gasteiger partial charge in [0.1, 0.15) is 0 Å². The summed E-state index contributed by atoms with van der Waals surface area (Å²) in [5, 5.41) is 3.92. The Kier molecular flexibility index (Phi) is 3.72. The fourth-order valence-corrected chi connectivity index (χ4v) is 4.01. The third-order valence-electron chi connectivity index (χ3n) is 4.98. The van der Waals surface area contributed by atoms with Crippen molar-refractivity contribution in [3.63, 3.8) is 0 Å². The molecule has 3 atom stereocenters. The first kappa shape index (κ1) is 12.0. The van der Waals surface area contributed by atoms with Gasteiger partial charge in [-0.1, -0.05) is 19.8 Å². The lowest BCUT2D eigenvalue weighted by Crippen LogP contribution is -2.41. The molecule has 0 amide bonds. The largest absolute Gasteiger partial charge is 0.310 e. The summed E-state index contributed by atoms with van der Waals surface area (Å²) < 4.78 is 0. The van der Waals surface area contributed by atoms with Crippen molar-refractivity contribution in [3.8, 4) is 0 Å². The van der Waals surface area contributed by atoms with Gasteiger partial charge in [0, 0.05) is 24.7 Å². The standard InChI is InChI=1S/C15H28N2/c1-2-9-17(14-7-8-14)11-13-10-12-5-3-4-6-15(12)16-13/h12-16H,2-11H2,1H3. The van der Waals surface area contributed by atoms with Crippen LogP contribution in [0.1, 0.15) is 58.3 Å². The van der Waals surface area contributed by atoms with Gasteiger partial charge in [0.15, 0.2) is 0 Å². The van der Waals surface area contributed by atoms with Gasteiger partial charge in [0.2, 0.25) is 0 Å². The van der Waals surface area contributed by atoms with Crippen molar-refractivity contribution in [2.45, 2.75) is 76.4 Å². The quantitative estimate of drug-likeness (QED) is 0.789. The molecule has 2 aliphatic carbocycles. The van der Waals surface area contributed by atoms with E-state index in [1.165, 1.54) is 64.5 Å². The summed E-state index contributed by atoms with van der Waals surface area (Å²) in [6, 6.07) is 2.62. The van der Waals surface area contributed by atoms with E-state index in [-0.39, 0.29) is 0 Å². The third-order valence-corrected chi connectivity index (χ3v) is 4.98. The van der Waals surface area contributed by atoms with E-state index in [1.807, 2.05) is 0 Å². The smallest absolute Gasteiger partial charge is 0.0201 e. The molecule has 17 heavy (non-hydrogen) atoms. The molecule has 0 aromatic carbocycles. The van der Waals surface area contributed by atoms with Crippen LogP contribution in [0.2, 0.25) is 0 Å². The zero-order valence-electron chi connectivity index (χ0n) is 11.3. The van der Waals surface area contributed by atoms with Gasteiger partial charge in [-0.15, -0.1) is 0 Å². The molecule has 98 valence electrons. The summed E-state index contributed by atoms with van der Waals surface area (Å²) >= 11 is 0. The summed E-state index contributed by atoms with van der Waals surface area (Å²) in [7, 11) is 0. The van der Waals surface area contributed by atoms with Crippen LogP contribution in [0.3, 0.4) is 0 Å². The Labute approximate surface area is 106 Å². The van der Waals surface area contributed by atoms with E-state index in [0.717, 1.165) is 24.0 Å². The molecule has 0 bridgehead atoms. The van der Waals surface area contributed by atoms with Gasteiger partial charge in [0.05, 0.1) is 0 Å².